The lowest BCUT2D eigenvalue weighted by Gasteiger charge is -2.03. The predicted molar refractivity (Wildman–Crippen MR) is 51.7 cm³/mol. The quantitative estimate of drug-likeness (QED) is 0.564. The molecule has 78 valence electrons. The highest BCUT2D eigenvalue weighted by molar-refractivity contribution is 9.10. The maximum absolute atomic E-state index is 13.5. The molecule has 1 aromatic carbocycles. The molecule has 0 saturated carbocycles. The van der Waals surface area contributed by atoms with E-state index in [1.165, 1.54) is 18.4 Å². The van der Waals surface area contributed by atoms with Gasteiger partial charge in [-0.25, -0.2) is 13.2 Å². The smallest absolute Gasteiger partial charge is 0.175 e. The molecular formula is C10H4BrF3O. The summed E-state index contributed by atoms with van der Waals surface area (Å²) < 4.78 is 43.8. The molecule has 0 aliphatic heterocycles. The zero-order valence-electron chi connectivity index (χ0n) is 7.23. The van der Waals surface area contributed by atoms with Crippen molar-refractivity contribution in [2.45, 2.75) is 0 Å². The summed E-state index contributed by atoms with van der Waals surface area (Å²) in [4.78, 5) is 0. The summed E-state index contributed by atoms with van der Waals surface area (Å²) in [6.45, 7) is 0. The van der Waals surface area contributed by atoms with E-state index in [4.69, 9.17) is 4.42 Å². The van der Waals surface area contributed by atoms with Gasteiger partial charge < -0.3 is 4.42 Å². The first kappa shape index (κ1) is 10.3. The van der Waals surface area contributed by atoms with Gasteiger partial charge in [-0.1, -0.05) is 0 Å². The fraction of sp³-hybridized carbons (Fsp3) is 0. The van der Waals surface area contributed by atoms with E-state index in [0.29, 0.717) is 0 Å². The molecule has 0 unspecified atom stereocenters. The summed E-state index contributed by atoms with van der Waals surface area (Å²) in [5.74, 6) is -3.12. The fourth-order valence-corrected chi connectivity index (χ4v) is 1.59. The lowest BCUT2D eigenvalue weighted by molar-refractivity contribution is 0.486. The largest absolute Gasteiger partial charge is 0.464 e. The second kappa shape index (κ2) is 3.73. The van der Waals surface area contributed by atoms with Crippen molar-refractivity contribution in [3.8, 4) is 11.3 Å². The Kier molecular flexibility index (Phi) is 2.56. The van der Waals surface area contributed by atoms with E-state index in [2.05, 4.69) is 15.9 Å². The Hall–Kier alpha value is -1.23. The molecule has 2 aromatic rings. The van der Waals surface area contributed by atoms with Crippen molar-refractivity contribution in [2.24, 2.45) is 0 Å². The van der Waals surface area contributed by atoms with Crippen LogP contribution in [-0.4, -0.2) is 0 Å². The van der Waals surface area contributed by atoms with Crippen molar-refractivity contribution in [1.82, 2.24) is 0 Å². The van der Waals surface area contributed by atoms with Crippen LogP contribution in [0, 0.1) is 17.5 Å². The van der Waals surface area contributed by atoms with Gasteiger partial charge >= 0.3 is 0 Å². The third-order valence-electron chi connectivity index (χ3n) is 1.89. The number of halogens is 4. The van der Waals surface area contributed by atoms with Gasteiger partial charge in [0.2, 0.25) is 0 Å². The minimum atomic E-state index is -1.25. The van der Waals surface area contributed by atoms with E-state index >= 15 is 0 Å². The van der Waals surface area contributed by atoms with Gasteiger partial charge in [-0.05, 0) is 34.1 Å². The lowest BCUT2D eigenvalue weighted by Crippen LogP contribution is -1.93. The number of furan rings is 1. The van der Waals surface area contributed by atoms with Gasteiger partial charge in [0.1, 0.15) is 5.76 Å². The Bertz CT molecular complexity index is 494. The lowest BCUT2D eigenvalue weighted by atomic mass is 10.1. The van der Waals surface area contributed by atoms with E-state index in [-0.39, 0.29) is 11.3 Å². The molecule has 0 aliphatic carbocycles. The summed E-state index contributed by atoms with van der Waals surface area (Å²) in [5, 5.41) is 0. The molecule has 1 nitrogen and oxygen atoms in total. The van der Waals surface area contributed by atoms with Crippen LogP contribution in [0.2, 0.25) is 0 Å². The second-order valence-corrected chi connectivity index (χ2v) is 3.62. The highest BCUT2D eigenvalue weighted by Crippen LogP contribution is 2.31. The third kappa shape index (κ3) is 1.67. The summed E-state index contributed by atoms with van der Waals surface area (Å²) >= 11 is 2.63. The van der Waals surface area contributed by atoms with E-state index in [0.717, 1.165) is 6.07 Å². The van der Waals surface area contributed by atoms with Crippen molar-refractivity contribution in [2.75, 3.05) is 0 Å². The standard InChI is InChI=1S/C10H4BrF3O/c11-8-9(13)5(4-6(12)10(8)14)7-2-1-3-15-7/h1-4H. The highest BCUT2D eigenvalue weighted by atomic mass is 79.9. The van der Waals surface area contributed by atoms with Crippen LogP contribution in [0.4, 0.5) is 13.2 Å². The van der Waals surface area contributed by atoms with Gasteiger partial charge in [0.25, 0.3) is 0 Å². The van der Waals surface area contributed by atoms with Gasteiger partial charge in [-0.15, -0.1) is 0 Å². The van der Waals surface area contributed by atoms with Crippen LogP contribution in [-0.2, 0) is 0 Å². The van der Waals surface area contributed by atoms with Crippen LogP contribution in [0.25, 0.3) is 11.3 Å². The molecule has 1 heterocycles. The van der Waals surface area contributed by atoms with E-state index in [1.54, 1.807) is 0 Å². The molecule has 0 fully saturated rings. The zero-order valence-corrected chi connectivity index (χ0v) is 8.82. The Morgan fingerprint density at radius 2 is 1.87 bits per heavy atom. The normalized spacial score (nSPS) is 10.7. The summed E-state index contributed by atoms with van der Waals surface area (Å²) in [6.07, 6.45) is 1.32. The van der Waals surface area contributed by atoms with Crippen LogP contribution >= 0.6 is 15.9 Å². The molecule has 0 spiro atoms. The fourth-order valence-electron chi connectivity index (χ4n) is 1.18. The maximum atomic E-state index is 13.5. The van der Waals surface area contributed by atoms with Gasteiger partial charge in [0.15, 0.2) is 17.5 Å². The first-order chi connectivity index (χ1) is 7.11. The molecule has 0 radical (unpaired) electrons. The monoisotopic (exact) mass is 276 g/mol. The number of hydrogen-bond donors (Lipinski definition) is 0. The Balaban J connectivity index is 2.69. The van der Waals surface area contributed by atoms with E-state index < -0.39 is 21.9 Å². The van der Waals surface area contributed by atoms with Gasteiger partial charge in [-0.2, -0.15) is 0 Å². The van der Waals surface area contributed by atoms with E-state index in [1.807, 2.05) is 0 Å². The maximum Gasteiger partial charge on any atom is 0.175 e. The minimum absolute atomic E-state index is 0.120. The zero-order chi connectivity index (χ0) is 11.0. The van der Waals surface area contributed by atoms with Crippen LogP contribution in [0.5, 0.6) is 0 Å². The number of benzene rings is 1. The van der Waals surface area contributed by atoms with Gasteiger partial charge in [0, 0.05) is 0 Å². The molecule has 0 atom stereocenters. The molecule has 0 bridgehead atoms. The Labute approximate surface area is 91.6 Å². The molecule has 1 aromatic heterocycles. The van der Waals surface area contributed by atoms with Crippen LogP contribution in [0.15, 0.2) is 33.4 Å². The van der Waals surface area contributed by atoms with Crippen LogP contribution in [0.3, 0.4) is 0 Å². The molecule has 0 amide bonds. The van der Waals surface area contributed by atoms with Crippen molar-refractivity contribution in [1.29, 1.82) is 0 Å². The average Bonchev–Trinajstić information content (AvgIpc) is 2.73. The topological polar surface area (TPSA) is 13.1 Å². The van der Waals surface area contributed by atoms with Crippen LogP contribution in [0.1, 0.15) is 0 Å². The second-order valence-electron chi connectivity index (χ2n) is 2.83. The van der Waals surface area contributed by atoms with Gasteiger partial charge in [0.05, 0.1) is 16.3 Å². The van der Waals surface area contributed by atoms with Crippen molar-refractivity contribution < 1.29 is 17.6 Å². The van der Waals surface area contributed by atoms with Crippen LogP contribution < -0.4 is 0 Å². The third-order valence-corrected chi connectivity index (χ3v) is 2.59. The molecule has 2 rings (SSSR count). The molecule has 15 heavy (non-hydrogen) atoms. The van der Waals surface area contributed by atoms with Crippen molar-refractivity contribution in [3.05, 3.63) is 46.4 Å². The van der Waals surface area contributed by atoms with Crippen molar-refractivity contribution in [3.63, 3.8) is 0 Å². The predicted octanol–water partition coefficient (Wildman–Crippen LogP) is 4.13. The van der Waals surface area contributed by atoms with E-state index in [9.17, 15) is 13.2 Å². The summed E-state index contributed by atoms with van der Waals surface area (Å²) in [5.41, 5.74) is -0.120. The molecule has 5 heteroatoms. The first-order valence-corrected chi connectivity index (χ1v) is 4.77. The molecular weight excluding hydrogens is 273 g/mol. The molecule has 0 saturated heterocycles. The summed E-state index contributed by atoms with van der Waals surface area (Å²) in [7, 11) is 0. The Morgan fingerprint density at radius 3 is 2.47 bits per heavy atom. The minimum Gasteiger partial charge on any atom is -0.464 e. The molecule has 0 aliphatic rings. The number of rotatable bonds is 1. The Morgan fingerprint density at radius 1 is 1.13 bits per heavy atom. The molecule has 0 N–H and O–H groups in total. The average molecular weight is 277 g/mol. The highest BCUT2D eigenvalue weighted by Gasteiger charge is 2.18. The number of hydrogen-bond acceptors (Lipinski definition) is 1. The van der Waals surface area contributed by atoms with Gasteiger partial charge in [-0.3, -0.25) is 0 Å². The summed E-state index contributed by atoms with van der Waals surface area (Å²) in [6, 6.07) is 3.75. The van der Waals surface area contributed by atoms with Crippen molar-refractivity contribution >= 4 is 15.9 Å². The first-order valence-electron chi connectivity index (χ1n) is 3.98. The SMILES string of the molecule is Fc1cc(-c2ccco2)c(F)c(Br)c1F.